The molecular formula is C18H19FN4O3S2. The molecule has 0 radical (unpaired) electrons. The molecule has 1 fully saturated rings. The van der Waals surface area contributed by atoms with E-state index in [-0.39, 0.29) is 22.5 Å². The predicted molar refractivity (Wildman–Crippen MR) is 104 cm³/mol. The molecule has 3 aromatic rings. The molecule has 1 aromatic carbocycles. The van der Waals surface area contributed by atoms with E-state index in [9.17, 15) is 17.6 Å². The summed E-state index contributed by atoms with van der Waals surface area (Å²) in [7, 11) is -2.13. The highest BCUT2D eigenvalue weighted by Crippen LogP contribution is 2.31. The first-order valence-corrected chi connectivity index (χ1v) is 11.2. The largest absolute Gasteiger partial charge is 0.354 e. The molecule has 7 nitrogen and oxygen atoms in total. The van der Waals surface area contributed by atoms with Crippen molar-refractivity contribution in [3.8, 4) is 0 Å². The molecule has 148 valence electrons. The summed E-state index contributed by atoms with van der Waals surface area (Å²) in [5, 5.41) is 3.99. The van der Waals surface area contributed by atoms with Gasteiger partial charge in [0, 0.05) is 31.4 Å². The van der Waals surface area contributed by atoms with Crippen LogP contribution in [0.1, 0.15) is 34.3 Å². The molecule has 1 saturated heterocycles. The third kappa shape index (κ3) is 3.43. The fourth-order valence-electron chi connectivity index (χ4n) is 3.41. The van der Waals surface area contributed by atoms with E-state index in [1.807, 2.05) is 0 Å². The molecule has 1 amide bonds. The van der Waals surface area contributed by atoms with E-state index < -0.39 is 10.0 Å². The van der Waals surface area contributed by atoms with Crippen molar-refractivity contribution >= 4 is 38.3 Å². The lowest BCUT2D eigenvalue weighted by molar-refractivity contribution is 0.0967. The summed E-state index contributed by atoms with van der Waals surface area (Å²) in [6.07, 6.45) is 1.24. The molecule has 4 rings (SSSR count). The first kappa shape index (κ1) is 19.0. The zero-order valence-electron chi connectivity index (χ0n) is 15.1. The smallest absolute Gasteiger partial charge is 0.261 e. The van der Waals surface area contributed by atoms with Crippen LogP contribution in [0.15, 0.2) is 34.5 Å². The van der Waals surface area contributed by atoms with Gasteiger partial charge in [0.15, 0.2) is 0 Å². The number of fused-ring (bicyclic) bond motifs is 1. The minimum Gasteiger partial charge on any atom is -0.354 e. The van der Waals surface area contributed by atoms with Crippen LogP contribution in [0.5, 0.6) is 0 Å². The number of amides is 1. The van der Waals surface area contributed by atoms with E-state index >= 15 is 0 Å². The van der Waals surface area contributed by atoms with Crippen LogP contribution in [0, 0.1) is 5.82 Å². The van der Waals surface area contributed by atoms with Crippen molar-refractivity contribution in [1.82, 2.24) is 19.6 Å². The summed E-state index contributed by atoms with van der Waals surface area (Å²) >= 11 is 1.11. The molecule has 2 N–H and O–H groups in total. The number of aromatic amines is 1. The summed E-state index contributed by atoms with van der Waals surface area (Å²) in [6, 6.07) is 5.83. The zero-order chi connectivity index (χ0) is 19.9. The first-order chi connectivity index (χ1) is 13.4. The Kier molecular flexibility index (Phi) is 4.94. The molecule has 0 bridgehead atoms. The number of hydrogen-bond donors (Lipinski definition) is 2. The Morgan fingerprint density at radius 1 is 1.32 bits per heavy atom. The van der Waals surface area contributed by atoms with E-state index in [1.54, 1.807) is 6.07 Å². The lowest BCUT2D eigenvalue weighted by atomic mass is 9.97. The van der Waals surface area contributed by atoms with Crippen molar-refractivity contribution in [2.75, 3.05) is 20.1 Å². The van der Waals surface area contributed by atoms with Crippen LogP contribution < -0.4 is 5.32 Å². The molecule has 1 aliphatic heterocycles. The summed E-state index contributed by atoms with van der Waals surface area (Å²) in [5.41, 5.74) is 1.34. The molecule has 0 atom stereocenters. The molecule has 3 heterocycles. The van der Waals surface area contributed by atoms with Gasteiger partial charge in [0.2, 0.25) is 10.0 Å². The number of rotatable bonds is 4. The molecular weight excluding hydrogens is 403 g/mol. The number of imidazole rings is 1. The fourth-order valence-corrected chi connectivity index (χ4v) is 6.09. The number of benzene rings is 1. The van der Waals surface area contributed by atoms with Crippen LogP contribution in [0.3, 0.4) is 0 Å². The highest BCUT2D eigenvalue weighted by molar-refractivity contribution is 7.89. The quantitative estimate of drug-likeness (QED) is 0.676. The van der Waals surface area contributed by atoms with E-state index in [0.717, 1.165) is 17.2 Å². The number of nitrogens with one attached hydrogen (secondary N) is 2. The lowest BCUT2D eigenvalue weighted by Gasteiger charge is -2.30. The second-order valence-corrected chi connectivity index (χ2v) is 9.54. The van der Waals surface area contributed by atoms with Gasteiger partial charge in [-0.2, -0.15) is 4.31 Å². The number of halogens is 1. The Hall–Kier alpha value is -2.30. The van der Waals surface area contributed by atoms with Crippen LogP contribution in [0.25, 0.3) is 11.0 Å². The topological polar surface area (TPSA) is 95.2 Å². The van der Waals surface area contributed by atoms with Crippen LogP contribution in [0.4, 0.5) is 4.39 Å². The number of nitrogens with zero attached hydrogens (tertiary/aromatic N) is 2. The Morgan fingerprint density at radius 3 is 2.79 bits per heavy atom. The Labute approximate surface area is 165 Å². The monoisotopic (exact) mass is 422 g/mol. The average Bonchev–Trinajstić information content (AvgIpc) is 3.35. The lowest BCUT2D eigenvalue weighted by Crippen LogP contribution is -2.37. The van der Waals surface area contributed by atoms with Crippen molar-refractivity contribution in [1.29, 1.82) is 0 Å². The predicted octanol–water partition coefficient (Wildman–Crippen LogP) is 2.69. The standard InChI is InChI=1S/C18H19FN4O3S2/c1-20-18(24)16-9-13(10-27-16)28(25,26)23-6-4-11(5-7-23)17-21-14-3-2-12(19)8-15(14)22-17/h2-3,8-11H,4-7H2,1H3,(H,20,24)(H,21,22). The molecule has 10 heteroatoms. The minimum absolute atomic E-state index is 0.0887. The van der Waals surface area contributed by atoms with Gasteiger partial charge in [0.25, 0.3) is 5.91 Å². The highest BCUT2D eigenvalue weighted by atomic mass is 32.2. The first-order valence-electron chi connectivity index (χ1n) is 8.84. The summed E-state index contributed by atoms with van der Waals surface area (Å²) in [4.78, 5) is 19.9. The minimum atomic E-state index is -3.64. The van der Waals surface area contributed by atoms with Crippen molar-refractivity contribution in [2.45, 2.75) is 23.7 Å². The van der Waals surface area contributed by atoms with Gasteiger partial charge >= 0.3 is 0 Å². The number of aromatic nitrogens is 2. The molecule has 0 unspecified atom stereocenters. The number of piperidine rings is 1. The average molecular weight is 423 g/mol. The van der Waals surface area contributed by atoms with Gasteiger partial charge in [-0.3, -0.25) is 4.79 Å². The van der Waals surface area contributed by atoms with Gasteiger partial charge in [0.05, 0.1) is 20.8 Å². The molecule has 28 heavy (non-hydrogen) atoms. The summed E-state index contributed by atoms with van der Waals surface area (Å²) in [5.74, 6) is 0.225. The molecule has 0 saturated carbocycles. The number of hydrogen-bond acceptors (Lipinski definition) is 5. The maximum absolute atomic E-state index is 13.4. The van der Waals surface area contributed by atoms with E-state index in [4.69, 9.17) is 0 Å². The number of H-pyrrole nitrogens is 1. The Balaban J connectivity index is 1.48. The second-order valence-electron chi connectivity index (χ2n) is 6.69. The van der Waals surface area contributed by atoms with Crippen molar-refractivity contribution < 1.29 is 17.6 Å². The van der Waals surface area contributed by atoms with Crippen molar-refractivity contribution in [3.63, 3.8) is 0 Å². The number of carbonyl (C=O) groups excluding carboxylic acids is 1. The molecule has 2 aromatic heterocycles. The Bertz CT molecular complexity index is 1130. The summed E-state index contributed by atoms with van der Waals surface area (Å²) < 4.78 is 40.5. The molecule has 0 spiro atoms. The van der Waals surface area contributed by atoms with Crippen molar-refractivity contribution in [2.24, 2.45) is 0 Å². The van der Waals surface area contributed by atoms with Gasteiger partial charge in [-0.25, -0.2) is 17.8 Å². The van der Waals surface area contributed by atoms with Crippen LogP contribution >= 0.6 is 11.3 Å². The summed E-state index contributed by atoms with van der Waals surface area (Å²) in [6.45, 7) is 0.729. The van der Waals surface area contributed by atoms with Crippen LogP contribution in [-0.4, -0.2) is 48.7 Å². The Morgan fingerprint density at radius 2 is 2.07 bits per heavy atom. The van der Waals surface area contributed by atoms with Crippen molar-refractivity contribution in [3.05, 3.63) is 46.2 Å². The van der Waals surface area contributed by atoms with Crippen LogP contribution in [0.2, 0.25) is 0 Å². The van der Waals surface area contributed by atoms with Gasteiger partial charge < -0.3 is 10.3 Å². The number of thiophene rings is 1. The number of carbonyl (C=O) groups is 1. The molecule has 0 aliphatic carbocycles. The van der Waals surface area contributed by atoms with Gasteiger partial charge in [-0.05, 0) is 37.1 Å². The SMILES string of the molecule is CNC(=O)c1cc(S(=O)(=O)N2CCC(c3nc4ccc(F)cc4[nH]3)CC2)cs1. The number of sulfonamides is 1. The molecule has 1 aliphatic rings. The van der Waals surface area contributed by atoms with E-state index in [1.165, 1.54) is 34.9 Å². The third-order valence-electron chi connectivity index (χ3n) is 4.97. The highest BCUT2D eigenvalue weighted by Gasteiger charge is 2.32. The van der Waals surface area contributed by atoms with Gasteiger partial charge in [-0.15, -0.1) is 11.3 Å². The zero-order valence-corrected chi connectivity index (χ0v) is 16.7. The normalized spacial score (nSPS) is 16.5. The van der Waals surface area contributed by atoms with E-state index in [2.05, 4.69) is 15.3 Å². The van der Waals surface area contributed by atoms with Gasteiger partial charge in [-0.1, -0.05) is 0 Å². The maximum atomic E-state index is 13.4. The second kappa shape index (κ2) is 7.26. The maximum Gasteiger partial charge on any atom is 0.261 e. The van der Waals surface area contributed by atoms with Crippen LogP contribution in [-0.2, 0) is 10.0 Å². The van der Waals surface area contributed by atoms with Gasteiger partial charge in [0.1, 0.15) is 11.6 Å². The fraction of sp³-hybridized carbons (Fsp3) is 0.333. The third-order valence-corrected chi connectivity index (χ3v) is 7.92. The van der Waals surface area contributed by atoms with E-state index in [0.29, 0.717) is 41.8 Å².